The van der Waals surface area contributed by atoms with Gasteiger partial charge in [0.1, 0.15) is 0 Å². The summed E-state index contributed by atoms with van der Waals surface area (Å²) < 4.78 is 0. The second kappa shape index (κ2) is 3.15. The molecule has 0 bridgehead atoms. The number of benzene rings is 1. The highest BCUT2D eigenvalue weighted by atomic mass is 15.0. The van der Waals surface area contributed by atoms with Crippen molar-refractivity contribution in [1.82, 2.24) is 5.32 Å². The minimum absolute atomic E-state index is 0.335. The molecule has 0 heterocycles. The van der Waals surface area contributed by atoms with E-state index in [4.69, 9.17) is 0 Å². The highest BCUT2D eigenvalue weighted by Crippen LogP contribution is 2.45. The van der Waals surface area contributed by atoms with Crippen molar-refractivity contribution in [3.8, 4) is 0 Å². The van der Waals surface area contributed by atoms with E-state index in [1.54, 1.807) is 0 Å². The predicted molar refractivity (Wildman–Crippen MR) is 55.9 cm³/mol. The molecule has 0 spiro atoms. The van der Waals surface area contributed by atoms with E-state index in [9.17, 15) is 0 Å². The molecule has 1 aliphatic rings. The first-order valence-electron chi connectivity index (χ1n) is 5.00. The van der Waals surface area contributed by atoms with Gasteiger partial charge < -0.3 is 5.32 Å². The number of likely N-dealkylation sites (N-methyl/N-ethyl adjacent to an activating group) is 1. The van der Waals surface area contributed by atoms with Crippen molar-refractivity contribution in [2.45, 2.75) is 31.2 Å². The Morgan fingerprint density at radius 1 is 1.31 bits per heavy atom. The van der Waals surface area contributed by atoms with E-state index in [2.05, 4.69) is 49.6 Å². The molecule has 1 aromatic carbocycles. The summed E-state index contributed by atoms with van der Waals surface area (Å²) in [5, 5.41) is 3.43. The van der Waals surface area contributed by atoms with Crippen LogP contribution in [0, 0.1) is 0 Å². The molecular formula is C12H17N. The topological polar surface area (TPSA) is 12.0 Å². The molecule has 0 saturated heterocycles. The lowest BCUT2D eigenvalue weighted by Gasteiger charge is -2.47. The second-order valence-corrected chi connectivity index (χ2v) is 4.17. The molecule has 0 radical (unpaired) electrons. The van der Waals surface area contributed by atoms with E-state index >= 15 is 0 Å². The van der Waals surface area contributed by atoms with Crippen LogP contribution >= 0.6 is 0 Å². The zero-order valence-electron chi connectivity index (χ0n) is 8.38. The van der Waals surface area contributed by atoms with Gasteiger partial charge in [0.15, 0.2) is 0 Å². The summed E-state index contributed by atoms with van der Waals surface area (Å²) in [7, 11) is 2.06. The zero-order chi connectivity index (χ0) is 9.31. The molecule has 0 aromatic heterocycles. The summed E-state index contributed by atoms with van der Waals surface area (Å²) in [6.45, 7) is 2.31. The number of hydrogen-bond acceptors (Lipinski definition) is 1. The fourth-order valence-corrected chi connectivity index (χ4v) is 2.24. The van der Waals surface area contributed by atoms with Gasteiger partial charge in [-0.25, -0.2) is 0 Å². The Balaban J connectivity index is 2.20. The summed E-state index contributed by atoms with van der Waals surface area (Å²) in [5.74, 6) is 0.707. The average Bonchev–Trinajstić information content (AvgIpc) is 2.17. The maximum Gasteiger partial charge on any atom is 0.0219 e. The van der Waals surface area contributed by atoms with Gasteiger partial charge in [0, 0.05) is 11.5 Å². The van der Waals surface area contributed by atoms with Crippen LogP contribution < -0.4 is 5.32 Å². The molecule has 1 N–H and O–H groups in total. The molecule has 0 aliphatic heterocycles. The second-order valence-electron chi connectivity index (χ2n) is 4.17. The van der Waals surface area contributed by atoms with Crippen LogP contribution in [0.25, 0.3) is 0 Å². The Kier molecular flexibility index (Phi) is 2.12. The van der Waals surface area contributed by atoms with E-state index in [1.165, 1.54) is 18.4 Å². The lowest BCUT2D eigenvalue weighted by Crippen LogP contribution is -2.52. The van der Waals surface area contributed by atoms with Crippen molar-refractivity contribution < 1.29 is 0 Å². The molecule has 2 unspecified atom stereocenters. The molecule has 0 amide bonds. The average molecular weight is 175 g/mol. The van der Waals surface area contributed by atoms with Crippen molar-refractivity contribution >= 4 is 0 Å². The summed E-state index contributed by atoms with van der Waals surface area (Å²) in [5.41, 5.74) is 1.81. The normalized spacial score (nSPS) is 32.6. The van der Waals surface area contributed by atoms with Crippen molar-refractivity contribution in [2.75, 3.05) is 7.05 Å². The highest BCUT2D eigenvalue weighted by Gasteiger charge is 2.41. The maximum absolute atomic E-state index is 3.43. The zero-order valence-corrected chi connectivity index (χ0v) is 8.38. The van der Waals surface area contributed by atoms with E-state index in [0.717, 1.165) is 0 Å². The summed E-state index contributed by atoms with van der Waals surface area (Å²) in [4.78, 5) is 0. The number of hydrogen-bond donors (Lipinski definition) is 1. The predicted octanol–water partition coefficient (Wildman–Crippen LogP) is 2.54. The van der Waals surface area contributed by atoms with Crippen LogP contribution in [0.5, 0.6) is 0 Å². The lowest BCUT2D eigenvalue weighted by atomic mass is 9.65. The fraction of sp³-hybridized carbons (Fsp3) is 0.500. The molecule has 13 heavy (non-hydrogen) atoms. The van der Waals surface area contributed by atoms with E-state index in [0.29, 0.717) is 11.5 Å². The Morgan fingerprint density at radius 3 is 2.46 bits per heavy atom. The molecule has 1 heteroatoms. The van der Waals surface area contributed by atoms with Crippen LogP contribution in [0.4, 0.5) is 0 Å². The van der Waals surface area contributed by atoms with Crippen molar-refractivity contribution in [3.05, 3.63) is 35.9 Å². The Labute approximate surface area is 80.2 Å². The Hall–Kier alpha value is -0.820. The van der Waals surface area contributed by atoms with Gasteiger partial charge >= 0.3 is 0 Å². The SMILES string of the molecule is CNC1(C)CCC1c1ccccc1. The maximum atomic E-state index is 3.43. The number of rotatable bonds is 2. The third-order valence-corrected chi connectivity index (χ3v) is 3.49. The van der Waals surface area contributed by atoms with Crippen molar-refractivity contribution in [2.24, 2.45) is 0 Å². The third kappa shape index (κ3) is 1.37. The van der Waals surface area contributed by atoms with Crippen LogP contribution in [0.2, 0.25) is 0 Å². The van der Waals surface area contributed by atoms with Crippen LogP contribution in [-0.2, 0) is 0 Å². The molecule has 1 saturated carbocycles. The third-order valence-electron chi connectivity index (χ3n) is 3.49. The van der Waals surface area contributed by atoms with E-state index < -0.39 is 0 Å². The molecule has 70 valence electrons. The van der Waals surface area contributed by atoms with Gasteiger partial charge in [0.2, 0.25) is 0 Å². The Morgan fingerprint density at radius 2 is 2.00 bits per heavy atom. The van der Waals surface area contributed by atoms with Crippen LogP contribution in [0.3, 0.4) is 0 Å². The van der Waals surface area contributed by atoms with Gasteiger partial charge in [-0.05, 0) is 32.4 Å². The largest absolute Gasteiger partial charge is 0.314 e. The van der Waals surface area contributed by atoms with Gasteiger partial charge in [-0.15, -0.1) is 0 Å². The van der Waals surface area contributed by atoms with Crippen LogP contribution in [0.15, 0.2) is 30.3 Å². The number of nitrogens with one attached hydrogen (secondary N) is 1. The monoisotopic (exact) mass is 175 g/mol. The molecule has 2 rings (SSSR count). The first-order chi connectivity index (χ1) is 6.26. The smallest absolute Gasteiger partial charge is 0.0219 e. The lowest BCUT2D eigenvalue weighted by molar-refractivity contribution is 0.176. The van der Waals surface area contributed by atoms with Gasteiger partial charge in [0.05, 0.1) is 0 Å². The van der Waals surface area contributed by atoms with Gasteiger partial charge in [-0.3, -0.25) is 0 Å². The minimum atomic E-state index is 0.335. The Bertz CT molecular complexity index is 276. The first-order valence-corrected chi connectivity index (χ1v) is 5.00. The highest BCUT2D eigenvalue weighted by molar-refractivity contribution is 5.27. The van der Waals surface area contributed by atoms with Crippen molar-refractivity contribution in [3.63, 3.8) is 0 Å². The summed E-state index contributed by atoms with van der Waals surface area (Å²) >= 11 is 0. The standard InChI is InChI=1S/C12H17N/c1-12(13-2)9-8-11(12)10-6-4-3-5-7-10/h3-7,11,13H,8-9H2,1-2H3. The van der Waals surface area contributed by atoms with Crippen molar-refractivity contribution in [1.29, 1.82) is 0 Å². The quantitative estimate of drug-likeness (QED) is 0.728. The molecule has 1 nitrogen and oxygen atoms in total. The van der Waals surface area contributed by atoms with Gasteiger partial charge in [0.25, 0.3) is 0 Å². The van der Waals surface area contributed by atoms with Gasteiger partial charge in [-0.1, -0.05) is 30.3 Å². The van der Waals surface area contributed by atoms with Crippen LogP contribution in [-0.4, -0.2) is 12.6 Å². The van der Waals surface area contributed by atoms with E-state index in [-0.39, 0.29) is 0 Å². The fourth-order valence-electron chi connectivity index (χ4n) is 2.24. The van der Waals surface area contributed by atoms with E-state index in [1.807, 2.05) is 0 Å². The van der Waals surface area contributed by atoms with Gasteiger partial charge in [-0.2, -0.15) is 0 Å². The first kappa shape index (κ1) is 8.76. The molecule has 1 aromatic rings. The summed E-state index contributed by atoms with van der Waals surface area (Å²) in [6, 6.07) is 10.8. The minimum Gasteiger partial charge on any atom is -0.314 e. The molecule has 1 aliphatic carbocycles. The molecular weight excluding hydrogens is 158 g/mol. The molecule has 1 fully saturated rings. The van der Waals surface area contributed by atoms with Crippen LogP contribution in [0.1, 0.15) is 31.2 Å². The summed E-state index contributed by atoms with van der Waals surface area (Å²) in [6.07, 6.45) is 2.62. The molecule has 2 atom stereocenters.